The monoisotopic (exact) mass is 269 g/mol. The molecule has 2 aliphatic rings. The average molecular weight is 269 g/mol. The lowest BCUT2D eigenvalue weighted by Gasteiger charge is -2.38. The van der Waals surface area contributed by atoms with Crippen molar-refractivity contribution in [1.29, 1.82) is 0 Å². The summed E-state index contributed by atoms with van der Waals surface area (Å²) in [5.41, 5.74) is -0.131. The van der Waals surface area contributed by atoms with Gasteiger partial charge >= 0.3 is 5.97 Å². The van der Waals surface area contributed by atoms with Crippen LogP contribution < -0.4 is 0 Å². The highest BCUT2D eigenvalue weighted by atomic mass is 16.6. The molecular formula is C14H23NO4. The number of hydrogen-bond acceptors (Lipinski definition) is 5. The first kappa shape index (κ1) is 14.3. The third kappa shape index (κ3) is 2.49. The number of methoxy groups -OCH3 is 1. The maximum absolute atomic E-state index is 11.6. The Hall–Kier alpha value is -1.07. The predicted molar refractivity (Wildman–Crippen MR) is 70.5 cm³/mol. The van der Waals surface area contributed by atoms with Gasteiger partial charge in [0.1, 0.15) is 0 Å². The molecule has 0 aromatic heterocycles. The Kier molecular flexibility index (Phi) is 4.16. The molecule has 0 aliphatic carbocycles. The van der Waals surface area contributed by atoms with Crippen molar-refractivity contribution in [2.24, 2.45) is 0 Å². The van der Waals surface area contributed by atoms with E-state index in [1.54, 1.807) is 14.0 Å². The molecule has 1 fully saturated rings. The Balaban J connectivity index is 2.25. The van der Waals surface area contributed by atoms with Crippen LogP contribution in [0.3, 0.4) is 0 Å². The van der Waals surface area contributed by atoms with Crippen LogP contribution >= 0.6 is 0 Å². The number of esters is 1. The lowest BCUT2D eigenvalue weighted by atomic mass is 9.92. The number of aliphatic hydroxyl groups excluding tert-OH is 1. The van der Waals surface area contributed by atoms with Crippen LogP contribution in [0.25, 0.3) is 0 Å². The lowest BCUT2D eigenvalue weighted by Crippen LogP contribution is -2.48. The Labute approximate surface area is 114 Å². The zero-order chi connectivity index (χ0) is 14.0. The molecule has 19 heavy (non-hydrogen) atoms. The van der Waals surface area contributed by atoms with Crippen LogP contribution in [0.4, 0.5) is 0 Å². The summed E-state index contributed by atoms with van der Waals surface area (Å²) in [7, 11) is 1.68. The van der Waals surface area contributed by atoms with Gasteiger partial charge in [-0.2, -0.15) is 0 Å². The Morgan fingerprint density at radius 2 is 2.42 bits per heavy atom. The van der Waals surface area contributed by atoms with Gasteiger partial charge in [0, 0.05) is 19.7 Å². The minimum atomic E-state index is -0.928. The number of carbonyl (C=O) groups is 1. The number of cyclic esters (lactones) is 1. The van der Waals surface area contributed by atoms with E-state index in [9.17, 15) is 9.90 Å². The topological polar surface area (TPSA) is 59.0 Å². The molecule has 108 valence electrons. The third-order valence-electron chi connectivity index (χ3n) is 4.14. The molecule has 0 aromatic rings. The fourth-order valence-corrected chi connectivity index (χ4v) is 3.06. The van der Waals surface area contributed by atoms with Gasteiger partial charge in [-0.25, -0.2) is 4.79 Å². The largest absolute Gasteiger partial charge is 0.447 e. The first-order valence-electron chi connectivity index (χ1n) is 6.91. The Morgan fingerprint density at radius 1 is 1.68 bits per heavy atom. The van der Waals surface area contributed by atoms with E-state index in [0.29, 0.717) is 13.0 Å². The Bertz CT molecular complexity index is 382. The van der Waals surface area contributed by atoms with E-state index in [1.165, 1.54) is 6.08 Å². The number of nitrogens with zero attached hydrogens (tertiary/aromatic N) is 1. The van der Waals surface area contributed by atoms with E-state index in [1.807, 2.05) is 6.92 Å². The summed E-state index contributed by atoms with van der Waals surface area (Å²) < 4.78 is 10.6. The molecule has 0 aromatic carbocycles. The molecule has 0 amide bonds. The summed E-state index contributed by atoms with van der Waals surface area (Å²) in [6, 6.07) is 0.258. The van der Waals surface area contributed by atoms with Gasteiger partial charge in [-0.3, -0.25) is 0 Å². The van der Waals surface area contributed by atoms with Crippen LogP contribution in [-0.4, -0.2) is 54.0 Å². The zero-order valence-corrected chi connectivity index (χ0v) is 11.9. The fourth-order valence-electron chi connectivity index (χ4n) is 3.06. The Morgan fingerprint density at radius 3 is 3.05 bits per heavy atom. The van der Waals surface area contributed by atoms with Crippen molar-refractivity contribution in [3.63, 3.8) is 0 Å². The first-order chi connectivity index (χ1) is 9.02. The van der Waals surface area contributed by atoms with Crippen molar-refractivity contribution < 1.29 is 19.4 Å². The van der Waals surface area contributed by atoms with Gasteiger partial charge in [0.05, 0.1) is 24.4 Å². The second kappa shape index (κ2) is 5.51. The molecule has 5 heteroatoms. The van der Waals surface area contributed by atoms with Gasteiger partial charge in [-0.05, 0) is 26.2 Å². The maximum atomic E-state index is 11.6. The molecule has 2 aliphatic heterocycles. The molecule has 0 bridgehead atoms. The molecule has 3 atom stereocenters. The van der Waals surface area contributed by atoms with Crippen LogP contribution in [0, 0.1) is 0 Å². The van der Waals surface area contributed by atoms with Crippen molar-refractivity contribution in [1.82, 2.24) is 4.90 Å². The number of aliphatic hydroxyl groups is 1. The summed E-state index contributed by atoms with van der Waals surface area (Å²) in [4.78, 5) is 13.8. The lowest BCUT2D eigenvalue weighted by molar-refractivity contribution is -0.155. The molecule has 2 rings (SSSR count). The highest BCUT2D eigenvalue weighted by Gasteiger charge is 2.48. The normalized spacial score (nSPS) is 32.4. The van der Waals surface area contributed by atoms with Gasteiger partial charge in [0.25, 0.3) is 0 Å². The average Bonchev–Trinajstić information content (AvgIpc) is 2.94. The summed E-state index contributed by atoms with van der Waals surface area (Å²) in [6.45, 7) is 5.18. The minimum Gasteiger partial charge on any atom is -0.447 e. The summed E-state index contributed by atoms with van der Waals surface area (Å²) >= 11 is 0. The summed E-state index contributed by atoms with van der Waals surface area (Å²) in [5, 5.41) is 10.2. The van der Waals surface area contributed by atoms with Gasteiger partial charge in [0.15, 0.2) is 5.60 Å². The van der Waals surface area contributed by atoms with E-state index in [2.05, 4.69) is 4.90 Å². The molecule has 0 saturated carbocycles. The molecule has 1 saturated heterocycles. The van der Waals surface area contributed by atoms with E-state index in [4.69, 9.17) is 9.47 Å². The van der Waals surface area contributed by atoms with Gasteiger partial charge in [0.2, 0.25) is 0 Å². The van der Waals surface area contributed by atoms with Crippen LogP contribution in [0.2, 0.25) is 0 Å². The number of ether oxygens (including phenoxy) is 2. The van der Waals surface area contributed by atoms with Crippen molar-refractivity contribution >= 4 is 5.97 Å². The number of hydrogen-bond donors (Lipinski definition) is 1. The highest BCUT2D eigenvalue weighted by molar-refractivity contribution is 5.86. The van der Waals surface area contributed by atoms with E-state index in [-0.39, 0.29) is 12.0 Å². The molecule has 0 radical (unpaired) electrons. The van der Waals surface area contributed by atoms with Crippen molar-refractivity contribution in [2.45, 2.75) is 50.9 Å². The van der Waals surface area contributed by atoms with Gasteiger partial charge < -0.3 is 19.5 Å². The smallest absolute Gasteiger partial charge is 0.333 e. The van der Waals surface area contributed by atoms with Crippen LogP contribution in [0.15, 0.2) is 11.8 Å². The molecule has 0 unspecified atom stereocenters. The van der Waals surface area contributed by atoms with E-state index < -0.39 is 11.7 Å². The SMILES string of the molecule is CC[C@@H](O)[C@]1(C)OC(=O)C=C1N1CCC[C@H]1COC. The number of carbonyl (C=O) groups excluding carboxylic acids is 1. The molecule has 1 N–H and O–H groups in total. The van der Waals surface area contributed by atoms with Crippen LogP contribution in [-0.2, 0) is 14.3 Å². The third-order valence-corrected chi connectivity index (χ3v) is 4.14. The quantitative estimate of drug-likeness (QED) is 0.757. The van der Waals surface area contributed by atoms with Crippen molar-refractivity contribution in [3.05, 3.63) is 11.8 Å². The van der Waals surface area contributed by atoms with E-state index in [0.717, 1.165) is 25.1 Å². The maximum Gasteiger partial charge on any atom is 0.333 e. The van der Waals surface area contributed by atoms with Gasteiger partial charge in [-0.15, -0.1) is 0 Å². The van der Waals surface area contributed by atoms with Crippen LogP contribution in [0.5, 0.6) is 0 Å². The minimum absolute atomic E-state index is 0.258. The zero-order valence-electron chi connectivity index (χ0n) is 11.9. The predicted octanol–water partition coefficient (Wildman–Crippen LogP) is 1.07. The number of rotatable bonds is 5. The fraction of sp³-hybridized carbons (Fsp3) is 0.786. The summed E-state index contributed by atoms with van der Waals surface area (Å²) in [5.74, 6) is -0.368. The molecule has 2 heterocycles. The standard InChI is InChI=1S/C14H23NO4/c1-4-12(16)14(2)11(8-13(17)19-14)15-7-5-6-10(15)9-18-3/h8,10,12,16H,4-7,9H2,1-3H3/t10-,12+,14+/m0/s1. The van der Waals surface area contributed by atoms with Crippen LogP contribution in [0.1, 0.15) is 33.1 Å². The molecule has 5 nitrogen and oxygen atoms in total. The molecule has 0 spiro atoms. The second-order valence-electron chi connectivity index (χ2n) is 5.43. The highest BCUT2D eigenvalue weighted by Crippen LogP contribution is 2.38. The van der Waals surface area contributed by atoms with E-state index >= 15 is 0 Å². The molecular weight excluding hydrogens is 246 g/mol. The van der Waals surface area contributed by atoms with Crippen molar-refractivity contribution in [3.8, 4) is 0 Å². The summed E-state index contributed by atoms with van der Waals surface area (Å²) in [6.07, 6.45) is 3.49. The first-order valence-corrected chi connectivity index (χ1v) is 6.91. The second-order valence-corrected chi connectivity index (χ2v) is 5.43. The number of likely N-dealkylation sites (tertiary alicyclic amines) is 1. The van der Waals surface area contributed by atoms with Crippen molar-refractivity contribution in [2.75, 3.05) is 20.3 Å². The van der Waals surface area contributed by atoms with Gasteiger partial charge in [-0.1, -0.05) is 6.92 Å².